The molecule has 0 heterocycles. The molecule has 0 saturated heterocycles. The molecule has 0 spiro atoms. The van der Waals surface area contributed by atoms with Crippen molar-refractivity contribution in [3.63, 3.8) is 0 Å². The Morgan fingerprint density at radius 3 is 2.50 bits per heavy atom. The second-order valence-electron chi connectivity index (χ2n) is 6.54. The summed E-state index contributed by atoms with van der Waals surface area (Å²) < 4.78 is 0. The molecule has 3 fully saturated rings. The topological polar surface area (TPSA) is 12.0 Å². The van der Waals surface area contributed by atoms with Crippen LogP contribution in [0, 0.1) is 23.7 Å². The zero-order valence-electron chi connectivity index (χ0n) is 10.8. The van der Waals surface area contributed by atoms with Crippen LogP contribution in [0.15, 0.2) is 0 Å². The van der Waals surface area contributed by atoms with Crippen LogP contribution in [0.5, 0.6) is 0 Å². The molecule has 4 atom stereocenters. The highest BCUT2D eigenvalue weighted by Gasteiger charge is 2.43. The van der Waals surface area contributed by atoms with E-state index in [2.05, 4.69) is 12.2 Å². The standard InChI is InChI=1S/C15H27N/c1-2-16-15(10-11-4-3-5-11)14-9-12-6-7-13(14)8-12/h11-16H,2-10H2,1H3. The zero-order valence-corrected chi connectivity index (χ0v) is 10.8. The van der Waals surface area contributed by atoms with Crippen molar-refractivity contribution in [3.8, 4) is 0 Å². The van der Waals surface area contributed by atoms with Crippen LogP contribution in [0.2, 0.25) is 0 Å². The van der Waals surface area contributed by atoms with Gasteiger partial charge in [-0.25, -0.2) is 0 Å². The molecule has 3 aliphatic rings. The summed E-state index contributed by atoms with van der Waals surface area (Å²) in [6, 6.07) is 0.866. The smallest absolute Gasteiger partial charge is 0.0101 e. The third kappa shape index (κ3) is 2.03. The molecule has 0 aromatic rings. The first-order valence-electron chi connectivity index (χ1n) is 7.60. The molecule has 16 heavy (non-hydrogen) atoms. The Hall–Kier alpha value is -0.0400. The van der Waals surface area contributed by atoms with Gasteiger partial charge in [-0.15, -0.1) is 0 Å². The van der Waals surface area contributed by atoms with Crippen molar-refractivity contribution in [2.75, 3.05) is 6.54 Å². The highest BCUT2D eigenvalue weighted by molar-refractivity contribution is 4.96. The highest BCUT2D eigenvalue weighted by Crippen LogP contribution is 2.50. The maximum absolute atomic E-state index is 3.81. The van der Waals surface area contributed by atoms with E-state index >= 15 is 0 Å². The number of nitrogens with one attached hydrogen (secondary N) is 1. The van der Waals surface area contributed by atoms with E-state index in [1.807, 2.05) is 0 Å². The van der Waals surface area contributed by atoms with Gasteiger partial charge < -0.3 is 5.32 Å². The van der Waals surface area contributed by atoms with E-state index in [1.54, 1.807) is 25.7 Å². The van der Waals surface area contributed by atoms with Gasteiger partial charge in [-0.05, 0) is 55.9 Å². The lowest BCUT2D eigenvalue weighted by atomic mass is 9.74. The quantitative estimate of drug-likeness (QED) is 0.748. The third-order valence-corrected chi connectivity index (χ3v) is 5.59. The summed E-state index contributed by atoms with van der Waals surface area (Å²) in [6.07, 6.45) is 12.2. The zero-order chi connectivity index (χ0) is 11.0. The van der Waals surface area contributed by atoms with Crippen molar-refractivity contribution in [3.05, 3.63) is 0 Å². The Morgan fingerprint density at radius 2 is 2.00 bits per heavy atom. The molecule has 0 aromatic heterocycles. The summed E-state index contributed by atoms with van der Waals surface area (Å²) in [5.41, 5.74) is 0. The molecule has 3 rings (SSSR count). The van der Waals surface area contributed by atoms with Crippen LogP contribution < -0.4 is 5.32 Å². The van der Waals surface area contributed by atoms with E-state index in [0.29, 0.717) is 0 Å². The molecule has 4 unspecified atom stereocenters. The number of hydrogen-bond donors (Lipinski definition) is 1. The lowest BCUT2D eigenvalue weighted by molar-refractivity contribution is 0.184. The molecule has 0 aromatic carbocycles. The molecule has 0 radical (unpaired) electrons. The maximum atomic E-state index is 3.81. The van der Waals surface area contributed by atoms with E-state index in [9.17, 15) is 0 Å². The van der Waals surface area contributed by atoms with E-state index in [0.717, 1.165) is 29.7 Å². The summed E-state index contributed by atoms with van der Waals surface area (Å²) in [4.78, 5) is 0. The molecular formula is C15H27N. The van der Waals surface area contributed by atoms with Crippen molar-refractivity contribution in [2.45, 2.75) is 64.3 Å². The molecule has 3 saturated carbocycles. The van der Waals surface area contributed by atoms with E-state index in [1.165, 1.54) is 32.2 Å². The second-order valence-corrected chi connectivity index (χ2v) is 6.54. The van der Waals surface area contributed by atoms with Crippen molar-refractivity contribution in [1.29, 1.82) is 0 Å². The predicted molar refractivity (Wildman–Crippen MR) is 68.4 cm³/mol. The average molecular weight is 221 g/mol. The Kier molecular flexibility index (Phi) is 3.24. The monoisotopic (exact) mass is 221 g/mol. The number of rotatable bonds is 5. The van der Waals surface area contributed by atoms with Crippen LogP contribution in [-0.2, 0) is 0 Å². The van der Waals surface area contributed by atoms with Crippen LogP contribution in [0.4, 0.5) is 0 Å². The average Bonchev–Trinajstić information content (AvgIpc) is 2.82. The van der Waals surface area contributed by atoms with Crippen molar-refractivity contribution < 1.29 is 0 Å². The van der Waals surface area contributed by atoms with Crippen LogP contribution in [0.3, 0.4) is 0 Å². The SMILES string of the molecule is CCNC(CC1CCC1)C1CC2CCC1C2. The first-order valence-corrected chi connectivity index (χ1v) is 7.60. The van der Waals surface area contributed by atoms with Gasteiger partial charge >= 0.3 is 0 Å². The van der Waals surface area contributed by atoms with Gasteiger partial charge in [-0.2, -0.15) is 0 Å². The fraction of sp³-hybridized carbons (Fsp3) is 1.00. The molecule has 0 amide bonds. The van der Waals surface area contributed by atoms with Crippen LogP contribution in [0.1, 0.15) is 58.3 Å². The molecule has 92 valence electrons. The lowest BCUT2D eigenvalue weighted by Gasteiger charge is -2.36. The molecule has 2 bridgehead atoms. The van der Waals surface area contributed by atoms with Crippen LogP contribution in [0.25, 0.3) is 0 Å². The fourth-order valence-corrected chi connectivity index (χ4v) is 4.55. The summed E-state index contributed by atoms with van der Waals surface area (Å²) in [5, 5.41) is 3.81. The van der Waals surface area contributed by atoms with Gasteiger partial charge in [0.05, 0.1) is 0 Å². The van der Waals surface area contributed by atoms with Crippen molar-refractivity contribution >= 4 is 0 Å². The molecule has 3 aliphatic carbocycles. The number of fused-ring (bicyclic) bond motifs is 2. The minimum absolute atomic E-state index is 0.866. The van der Waals surface area contributed by atoms with E-state index in [-0.39, 0.29) is 0 Å². The largest absolute Gasteiger partial charge is 0.314 e. The van der Waals surface area contributed by atoms with Gasteiger partial charge in [0.25, 0.3) is 0 Å². The van der Waals surface area contributed by atoms with Crippen molar-refractivity contribution in [2.24, 2.45) is 23.7 Å². The van der Waals surface area contributed by atoms with E-state index < -0.39 is 0 Å². The Labute approximate surface area is 100 Å². The summed E-state index contributed by atoms with van der Waals surface area (Å²) in [5.74, 6) is 4.31. The van der Waals surface area contributed by atoms with Gasteiger partial charge in [0, 0.05) is 6.04 Å². The molecule has 1 nitrogen and oxygen atoms in total. The normalized spacial score (nSPS) is 39.9. The van der Waals surface area contributed by atoms with Crippen molar-refractivity contribution in [1.82, 2.24) is 5.32 Å². The minimum Gasteiger partial charge on any atom is -0.314 e. The van der Waals surface area contributed by atoms with Gasteiger partial charge in [-0.3, -0.25) is 0 Å². The molecular weight excluding hydrogens is 194 g/mol. The Morgan fingerprint density at radius 1 is 1.12 bits per heavy atom. The lowest BCUT2D eigenvalue weighted by Crippen LogP contribution is -2.41. The van der Waals surface area contributed by atoms with Gasteiger partial charge in [0.15, 0.2) is 0 Å². The minimum atomic E-state index is 0.866. The summed E-state index contributed by atoms with van der Waals surface area (Å²) >= 11 is 0. The fourth-order valence-electron chi connectivity index (χ4n) is 4.55. The third-order valence-electron chi connectivity index (χ3n) is 5.59. The molecule has 1 heteroatoms. The molecule has 1 N–H and O–H groups in total. The van der Waals surface area contributed by atoms with Gasteiger partial charge in [0.2, 0.25) is 0 Å². The predicted octanol–water partition coefficient (Wildman–Crippen LogP) is 3.59. The first-order chi connectivity index (χ1) is 7.86. The molecule has 0 aliphatic heterocycles. The van der Waals surface area contributed by atoms with Crippen LogP contribution >= 0.6 is 0 Å². The maximum Gasteiger partial charge on any atom is 0.0101 e. The van der Waals surface area contributed by atoms with Gasteiger partial charge in [-0.1, -0.05) is 32.6 Å². The summed E-state index contributed by atoms with van der Waals surface area (Å²) in [7, 11) is 0. The first kappa shape index (κ1) is 11.1. The van der Waals surface area contributed by atoms with Gasteiger partial charge in [0.1, 0.15) is 0 Å². The summed E-state index contributed by atoms with van der Waals surface area (Å²) in [6.45, 7) is 3.45. The Balaban J connectivity index is 1.58. The van der Waals surface area contributed by atoms with E-state index in [4.69, 9.17) is 0 Å². The highest BCUT2D eigenvalue weighted by atomic mass is 14.9. The van der Waals surface area contributed by atoms with Crippen LogP contribution in [-0.4, -0.2) is 12.6 Å². The Bertz CT molecular complexity index is 234. The number of hydrogen-bond acceptors (Lipinski definition) is 1. The second kappa shape index (κ2) is 4.68.